The molecule has 0 amide bonds. The molecule has 0 aliphatic carbocycles. The lowest BCUT2D eigenvalue weighted by atomic mass is 10.2. The summed E-state index contributed by atoms with van der Waals surface area (Å²) in [6.45, 7) is 8.09. The second-order valence-corrected chi connectivity index (χ2v) is 3.59. The summed E-state index contributed by atoms with van der Waals surface area (Å²) in [6, 6.07) is 7.98. The van der Waals surface area contributed by atoms with Crippen LogP contribution in [0.1, 0.15) is 13.8 Å². The molecule has 1 heterocycles. The fourth-order valence-electron chi connectivity index (χ4n) is 1.74. The molecule has 76 valence electrons. The highest BCUT2D eigenvalue weighted by Gasteiger charge is 2.00. The number of hydrogen-bond donors (Lipinski definition) is 0. The van der Waals surface area contributed by atoms with Crippen LogP contribution < -0.4 is 10.6 Å². The van der Waals surface area contributed by atoms with Crippen molar-refractivity contribution in [3.63, 3.8) is 0 Å². The Morgan fingerprint density at radius 1 is 1.33 bits per heavy atom. The van der Waals surface area contributed by atoms with E-state index in [9.17, 15) is 0 Å². The molecule has 15 heavy (non-hydrogen) atoms. The Balaban J connectivity index is 2.91. The molecule has 0 radical (unpaired) electrons. The summed E-state index contributed by atoms with van der Waals surface area (Å²) >= 11 is 0. The molecule has 0 aliphatic rings. The summed E-state index contributed by atoms with van der Waals surface area (Å²) in [6.07, 6.45) is 4.04. The molecule has 2 rings (SSSR count). The highest BCUT2D eigenvalue weighted by Crippen LogP contribution is 2.07. The van der Waals surface area contributed by atoms with Gasteiger partial charge in [-0.15, -0.1) is 0 Å². The zero-order valence-corrected chi connectivity index (χ0v) is 9.08. The lowest BCUT2D eigenvalue weighted by Crippen LogP contribution is -2.19. The molecule has 0 fully saturated rings. The molecule has 1 aromatic heterocycles. The fourth-order valence-corrected chi connectivity index (χ4v) is 1.74. The van der Waals surface area contributed by atoms with E-state index >= 15 is 0 Å². The van der Waals surface area contributed by atoms with Crippen molar-refractivity contribution in [1.82, 2.24) is 0 Å². The third kappa shape index (κ3) is 1.61. The maximum Gasteiger partial charge on any atom is 0.137 e. The first-order valence-corrected chi connectivity index (χ1v) is 5.04. The predicted molar refractivity (Wildman–Crippen MR) is 64.9 cm³/mol. The van der Waals surface area contributed by atoms with Crippen LogP contribution in [0.15, 0.2) is 40.8 Å². The number of benzene rings is 1. The van der Waals surface area contributed by atoms with Crippen molar-refractivity contribution in [3.05, 3.63) is 47.1 Å². The Bertz CT molecular complexity index is 614. The minimum atomic E-state index is 0.884. The molecule has 0 saturated carbocycles. The Hall–Kier alpha value is -1.76. The van der Waals surface area contributed by atoms with Crippen LogP contribution in [0.25, 0.3) is 23.1 Å². The first-order valence-electron chi connectivity index (χ1n) is 5.04. The number of furan rings is 1. The van der Waals surface area contributed by atoms with E-state index < -0.39 is 0 Å². The van der Waals surface area contributed by atoms with Gasteiger partial charge in [-0.2, -0.15) is 0 Å². The molecule has 0 bridgehead atoms. The van der Waals surface area contributed by atoms with Gasteiger partial charge in [-0.25, -0.2) is 0 Å². The average Bonchev–Trinajstić information content (AvgIpc) is 2.57. The largest absolute Gasteiger partial charge is 0.456 e. The highest BCUT2D eigenvalue weighted by molar-refractivity contribution is 5.78. The monoisotopic (exact) mass is 198 g/mol. The summed E-state index contributed by atoms with van der Waals surface area (Å²) < 4.78 is 5.76. The molecule has 0 aliphatic heterocycles. The van der Waals surface area contributed by atoms with Crippen molar-refractivity contribution < 1.29 is 4.42 Å². The number of allylic oxidation sites excluding steroid dienone is 2. The van der Waals surface area contributed by atoms with Gasteiger partial charge in [0, 0.05) is 10.6 Å². The zero-order chi connectivity index (χ0) is 10.8. The van der Waals surface area contributed by atoms with Crippen LogP contribution in [0.5, 0.6) is 0 Å². The summed E-state index contributed by atoms with van der Waals surface area (Å²) in [5.74, 6) is 0. The Kier molecular flexibility index (Phi) is 2.46. The fraction of sp³-hybridized carbons (Fsp3) is 0.143. The van der Waals surface area contributed by atoms with Gasteiger partial charge < -0.3 is 4.42 Å². The summed E-state index contributed by atoms with van der Waals surface area (Å²) in [5.41, 5.74) is 2.90. The molecule has 1 heteroatoms. The average molecular weight is 198 g/mol. The standard InChI is InChI=1S/C14H14O/c1-4-7-10(2)14-11(3)12-8-5-6-9-13(12)15-14/h4-9H,3H2,1-2H3/b7-4-,14-10+. The van der Waals surface area contributed by atoms with Crippen molar-refractivity contribution in [2.75, 3.05) is 0 Å². The van der Waals surface area contributed by atoms with Crippen molar-refractivity contribution >= 4 is 23.1 Å². The third-order valence-electron chi connectivity index (χ3n) is 2.47. The van der Waals surface area contributed by atoms with E-state index in [2.05, 4.69) is 6.58 Å². The minimum absolute atomic E-state index is 0.884. The van der Waals surface area contributed by atoms with E-state index in [1.54, 1.807) is 0 Å². The van der Waals surface area contributed by atoms with Crippen molar-refractivity contribution in [2.24, 2.45) is 0 Å². The Morgan fingerprint density at radius 3 is 2.73 bits per heavy atom. The van der Waals surface area contributed by atoms with Crippen LogP contribution in [0, 0.1) is 0 Å². The number of hydrogen-bond acceptors (Lipinski definition) is 1. The van der Waals surface area contributed by atoms with Gasteiger partial charge in [-0.3, -0.25) is 0 Å². The minimum Gasteiger partial charge on any atom is -0.456 e. The smallest absolute Gasteiger partial charge is 0.137 e. The van der Waals surface area contributed by atoms with E-state index in [1.807, 2.05) is 50.3 Å². The van der Waals surface area contributed by atoms with Gasteiger partial charge in [-0.1, -0.05) is 36.9 Å². The Labute approximate surface area is 89.0 Å². The molecule has 2 aromatic rings. The van der Waals surface area contributed by atoms with Gasteiger partial charge in [0.1, 0.15) is 11.0 Å². The van der Waals surface area contributed by atoms with Crippen LogP contribution in [0.3, 0.4) is 0 Å². The van der Waals surface area contributed by atoms with Crippen molar-refractivity contribution in [2.45, 2.75) is 13.8 Å². The van der Waals surface area contributed by atoms with Crippen molar-refractivity contribution in [3.8, 4) is 0 Å². The predicted octanol–water partition coefficient (Wildman–Crippen LogP) is 2.59. The lowest BCUT2D eigenvalue weighted by Gasteiger charge is -1.85. The van der Waals surface area contributed by atoms with E-state index in [0.29, 0.717) is 0 Å². The normalized spacial score (nSPS) is 13.7. The summed E-state index contributed by atoms with van der Waals surface area (Å²) in [4.78, 5) is 0. The van der Waals surface area contributed by atoms with Gasteiger partial charge in [0.2, 0.25) is 0 Å². The highest BCUT2D eigenvalue weighted by atomic mass is 16.3. The molecule has 0 spiro atoms. The second kappa shape index (κ2) is 3.77. The van der Waals surface area contributed by atoms with Gasteiger partial charge in [0.25, 0.3) is 0 Å². The number of rotatable bonds is 1. The van der Waals surface area contributed by atoms with Gasteiger partial charge in [0.15, 0.2) is 0 Å². The Morgan fingerprint density at radius 2 is 2.07 bits per heavy atom. The number of fused-ring (bicyclic) bond motifs is 1. The SMILES string of the molecule is C=c1/c(=C(C)\C=C/C)oc2ccccc12. The molecule has 0 unspecified atom stereocenters. The summed E-state index contributed by atoms with van der Waals surface area (Å²) in [5, 5.41) is 2.07. The third-order valence-corrected chi connectivity index (χ3v) is 2.47. The van der Waals surface area contributed by atoms with Crippen LogP contribution in [-0.2, 0) is 0 Å². The zero-order valence-electron chi connectivity index (χ0n) is 9.08. The van der Waals surface area contributed by atoms with Crippen LogP contribution in [0.4, 0.5) is 0 Å². The number of para-hydroxylation sites is 1. The van der Waals surface area contributed by atoms with Crippen LogP contribution in [-0.4, -0.2) is 0 Å². The molecule has 1 aromatic carbocycles. The van der Waals surface area contributed by atoms with Gasteiger partial charge in [0.05, 0.1) is 0 Å². The first kappa shape index (κ1) is 9.78. The summed E-state index contributed by atoms with van der Waals surface area (Å²) in [7, 11) is 0. The van der Waals surface area contributed by atoms with Crippen LogP contribution >= 0.6 is 0 Å². The van der Waals surface area contributed by atoms with E-state index in [4.69, 9.17) is 4.42 Å². The molecule has 0 N–H and O–H groups in total. The quantitative estimate of drug-likeness (QED) is 0.686. The van der Waals surface area contributed by atoms with Gasteiger partial charge >= 0.3 is 0 Å². The second-order valence-electron chi connectivity index (χ2n) is 3.59. The van der Waals surface area contributed by atoms with E-state index in [-0.39, 0.29) is 0 Å². The van der Waals surface area contributed by atoms with E-state index in [1.165, 1.54) is 0 Å². The molecular formula is C14H14O. The maximum absolute atomic E-state index is 5.76. The molecule has 0 atom stereocenters. The molecular weight excluding hydrogens is 184 g/mol. The van der Waals surface area contributed by atoms with Crippen LogP contribution in [0.2, 0.25) is 0 Å². The molecule has 0 saturated heterocycles. The lowest BCUT2D eigenvalue weighted by molar-refractivity contribution is 0.572. The molecule has 1 nitrogen and oxygen atoms in total. The maximum atomic E-state index is 5.76. The topological polar surface area (TPSA) is 13.1 Å². The first-order chi connectivity index (χ1) is 7.24. The van der Waals surface area contributed by atoms with Gasteiger partial charge in [-0.05, 0) is 25.5 Å². The van der Waals surface area contributed by atoms with Crippen molar-refractivity contribution in [1.29, 1.82) is 0 Å². The van der Waals surface area contributed by atoms with E-state index in [0.717, 1.165) is 27.2 Å².